The zero-order valence-electron chi connectivity index (χ0n) is 10.5. The van der Waals surface area contributed by atoms with E-state index < -0.39 is 18.1 Å². The molecule has 0 radical (unpaired) electrons. The molecule has 1 atom stereocenters. The van der Waals surface area contributed by atoms with E-state index in [4.69, 9.17) is 4.84 Å². The fraction of sp³-hybridized carbons (Fsp3) is 0.385. The average molecular weight is 343 g/mol. The van der Waals surface area contributed by atoms with Gasteiger partial charge in [-0.3, -0.25) is 4.79 Å². The largest absolute Gasteiger partial charge is 0.390 e. The van der Waals surface area contributed by atoms with Gasteiger partial charge in [0.25, 0.3) is 5.72 Å². The first-order valence-corrected chi connectivity index (χ1v) is 7.01. The molecule has 5 nitrogen and oxygen atoms in total. The SMILES string of the molecule is O=C1CCCN2C1=NOC2(CO)c1ccc(F)cc1Br. The smallest absolute Gasteiger partial charge is 0.261 e. The highest BCUT2D eigenvalue weighted by atomic mass is 79.9. The Morgan fingerprint density at radius 3 is 3.05 bits per heavy atom. The molecule has 1 aromatic rings. The van der Waals surface area contributed by atoms with Crippen LogP contribution < -0.4 is 0 Å². The Hall–Kier alpha value is -1.47. The average Bonchev–Trinajstić information content (AvgIpc) is 2.80. The minimum atomic E-state index is -1.27. The van der Waals surface area contributed by atoms with Gasteiger partial charge in [-0.25, -0.2) is 4.39 Å². The number of carbonyl (C=O) groups excluding carboxylic acids is 1. The number of aliphatic hydroxyl groups excluding tert-OH is 1. The van der Waals surface area contributed by atoms with Crippen molar-refractivity contribution in [3.8, 4) is 0 Å². The molecule has 1 N–H and O–H groups in total. The number of rotatable bonds is 2. The van der Waals surface area contributed by atoms with Crippen LogP contribution in [0.2, 0.25) is 0 Å². The molecule has 7 heteroatoms. The van der Waals surface area contributed by atoms with Crippen LogP contribution in [-0.2, 0) is 15.4 Å². The molecule has 0 spiro atoms. The van der Waals surface area contributed by atoms with E-state index in [9.17, 15) is 14.3 Å². The van der Waals surface area contributed by atoms with Gasteiger partial charge in [0.2, 0.25) is 11.6 Å². The molecule has 2 heterocycles. The Bertz CT molecular complexity index is 607. The predicted octanol–water partition coefficient (Wildman–Crippen LogP) is 1.74. The summed E-state index contributed by atoms with van der Waals surface area (Å²) in [4.78, 5) is 18.9. The number of piperidine rings is 1. The van der Waals surface area contributed by atoms with E-state index in [2.05, 4.69) is 21.1 Å². The lowest BCUT2D eigenvalue weighted by Gasteiger charge is -2.38. The third-order valence-corrected chi connectivity index (χ3v) is 4.23. The van der Waals surface area contributed by atoms with Gasteiger partial charge in [-0.2, -0.15) is 0 Å². The van der Waals surface area contributed by atoms with E-state index in [-0.39, 0.29) is 11.6 Å². The van der Waals surface area contributed by atoms with Crippen LogP contribution in [0, 0.1) is 5.82 Å². The van der Waals surface area contributed by atoms with Crippen LogP contribution in [0.4, 0.5) is 4.39 Å². The third-order valence-electron chi connectivity index (χ3n) is 3.58. The van der Waals surface area contributed by atoms with Gasteiger partial charge in [-0.1, -0.05) is 21.1 Å². The number of Topliss-reactive ketones (excluding diaryl/α,β-unsaturated/α-hetero) is 1. The lowest BCUT2D eigenvalue weighted by Crippen LogP contribution is -2.53. The van der Waals surface area contributed by atoms with Gasteiger partial charge in [0.05, 0.1) is 0 Å². The quantitative estimate of drug-likeness (QED) is 0.889. The number of fused-ring (bicyclic) bond motifs is 1. The minimum Gasteiger partial charge on any atom is -0.390 e. The maximum atomic E-state index is 13.2. The van der Waals surface area contributed by atoms with Crippen LogP contribution in [0.3, 0.4) is 0 Å². The maximum Gasteiger partial charge on any atom is 0.261 e. The number of amidine groups is 1. The van der Waals surface area contributed by atoms with Crippen molar-refractivity contribution in [2.75, 3.05) is 13.2 Å². The van der Waals surface area contributed by atoms with E-state index in [0.29, 0.717) is 29.4 Å². The molecular formula is C13H12BrFN2O3. The highest BCUT2D eigenvalue weighted by Gasteiger charge is 2.51. The van der Waals surface area contributed by atoms with Crippen molar-refractivity contribution in [3.63, 3.8) is 0 Å². The molecule has 1 fully saturated rings. The molecule has 0 saturated carbocycles. The Morgan fingerprint density at radius 1 is 1.55 bits per heavy atom. The number of hydrogen-bond donors (Lipinski definition) is 1. The van der Waals surface area contributed by atoms with Crippen LogP contribution in [0.5, 0.6) is 0 Å². The second-order valence-electron chi connectivity index (χ2n) is 4.75. The lowest BCUT2D eigenvalue weighted by molar-refractivity contribution is -0.140. The van der Waals surface area contributed by atoms with Crippen LogP contribution in [0.1, 0.15) is 18.4 Å². The zero-order valence-corrected chi connectivity index (χ0v) is 12.1. The van der Waals surface area contributed by atoms with E-state index in [1.54, 1.807) is 4.90 Å². The summed E-state index contributed by atoms with van der Waals surface area (Å²) in [6.07, 6.45) is 1.09. The molecule has 3 rings (SSSR count). The first kappa shape index (κ1) is 13.5. The number of benzene rings is 1. The van der Waals surface area contributed by atoms with Crippen molar-refractivity contribution in [2.24, 2.45) is 5.16 Å². The number of nitrogens with zero attached hydrogens (tertiary/aromatic N) is 2. The Kier molecular flexibility index (Phi) is 3.25. The summed E-state index contributed by atoms with van der Waals surface area (Å²) in [6, 6.07) is 4.09. The molecule has 0 bridgehead atoms. The topological polar surface area (TPSA) is 62.1 Å². The molecular weight excluding hydrogens is 331 g/mol. The van der Waals surface area contributed by atoms with Gasteiger partial charge in [0.15, 0.2) is 0 Å². The molecule has 0 aliphatic carbocycles. The van der Waals surface area contributed by atoms with Crippen molar-refractivity contribution in [1.29, 1.82) is 0 Å². The van der Waals surface area contributed by atoms with Crippen LogP contribution in [-0.4, -0.2) is 34.8 Å². The first-order chi connectivity index (χ1) is 9.58. The highest BCUT2D eigenvalue weighted by molar-refractivity contribution is 9.10. The molecule has 0 amide bonds. The maximum absolute atomic E-state index is 13.2. The zero-order chi connectivity index (χ0) is 14.3. The van der Waals surface area contributed by atoms with Gasteiger partial charge < -0.3 is 14.8 Å². The Balaban J connectivity index is 2.07. The van der Waals surface area contributed by atoms with Crippen molar-refractivity contribution in [2.45, 2.75) is 18.6 Å². The van der Waals surface area contributed by atoms with Crippen molar-refractivity contribution in [1.82, 2.24) is 4.90 Å². The van der Waals surface area contributed by atoms with Gasteiger partial charge in [0, 0.05) is 23.0 Å². The number of halogens is 2. The molecule has 2 aliphatic heterocycles. The lowest BCUT2D eigenvalue weighted by atomic mass is 9.98. The van der Waals surface area contributed by atoms with E-state index in [1.807, 2.05) is 0 Å². The first-order valence-electron chi connectivity index (χ1n) is 6.22. The Morgan fingerprint density at radius 2 is 2.35 bits per heavy atom. The summed E-state index contributed by atoms with van der Waals surface area (Å²) in [5.74, 6) is -0.283. The molecule has 1 unspecified atom stereocenters. The molecule has 1 saturated heterocycles. The second-order valence-corrected chi connectivity index (χ2v) is 5.61. The second kappa shape index (κ2) is 4.82. The number of carbonyl (C=O) groups is 1. The standard InChI is InChI=1S/C13H12BrFN2O3/c14-10-6-8(15)3-4-9(10)13(7-18)17-5-1-2-11(19)12(17)16-20-13/h3-4,6,18H,1-2,5,7H2. The summed E-state index contributed by atoms with van der Waals surface area (Å²) < 4.78 is 13.7. The normalized spacial score (nSPS) is 25.2. The van der Waals surface area contributed by atoms with E-state index in [1.165, 1.54) is 18.2 Å². The van der Waals surface area contributed by atoms with Crippen LogP contribution in [0.25, 0.3) is 0 Å². The number of ketones is 1. The minimum absolute atomic E-state index is 0.107. The monoisotopic (exact) mass is 342 g/mol. The molecule has 2 aliphatic rings. The summed E-state index contributed by atoms with van der Waals surface area (Å²) in [5.41, 5.74) is -0.729. The van der Waals surface area contributed by atoms with Crippen molar-refractivity contribution in [3.05, 3.63) is 34.1 Å². The fourth-order valence-electron chi connectivity index (χ4n) is 2.59. The van der Waals surface area contributed by atoms with Crippen LogP contribution in [0.15, 0.2) is 27.8 Å². The molecule has 0 aromatic heterocycles. The fourth-order valence-corrected chi connectivity index (χ4v) is 3.25. The molecule has 106 valence electrons. The van der Waals surface area contributed by atoms with Gasteiger partial charge in [-0.05, 0) is 24.6 Å². The van der Waals surface area contributed by atoms with Crippen molar-refractivity contribution >= 4 is 27.5 Å². The van der Waals surface area contributed by atoms with E-state index >= 15 is 0 Å². The summed E-state index contributed by atoms with van der Waals surface area (Å²) in [7, 11) is 0. The summed E-state index contributed by atoms with van der Waals surface area (Å²) in [5, 5.41) is 13.6. The summed E-state index contributed by atoms with van der Waals surface area (Å²) >= 11 is 3.27. The van der Waals surface area contributed by atoms with Crippen molar-refractivity contribution < 1.29 is 19.1 Å². The highest BCUT2D eigenvalue weighted by Crippen LogP contribution is 2.40. The third kappa shape index (κ3) is 1.84. The molecule has 1 aromatic carbocycles. The molecule has 20 heavy (non-hydrogen) atoms. The van der Waals surface area contributed by atoms with Crippen LogP contribution >= 0.6 is 15.9 Å². The number of hydrogen-bond acceptors (Lipinski definition) is 5. The Labute approximate surface area is 123 Å². The summed E-state index contributed by atoms with van der Waals surface area (Å²) in [6.45, 7) is 0.159. The van der Waals surface area contributed by atoms with Gasteiger partial charge in [-0.15, -0.1) is 0 Å². The predicted molar refractivity (Wildman–Crippen MR) is 72.3 cm³/mol. The number of oxime groups is 1. The van der Waals surface area contributed by atoms with Gasteiger partial charge >= 0.3 is 0 Å². The van der Waals surface area contributed by atoms with E-state index in [0.717, 1.165) is 0 Å². The number of aliphatic hydroxyl groups is 1. The van der Waals surface area contributed by atoms with Gasteiger partial charge in [0.1, 0.15) is 12.4 Å².